The summed E-state index contributed by atoms with van der Waals surface area (Å²) in [7, 11) is 0. The predicted molar refractivity (Wildman–Crippen MR) is 58.7 cm³/mol. The first-order valence-electron chi connectivity index (χ1n) is 4.91. The number of rotatable bonds is 5. The average Bonchev–Trinajstić information content (AvgIpc) is 2.29. The number of aromatic nitrogens is 1. The first kappa shape index (κ1) is 12.4. The van der Waals surface area contributed by atoms with Crippen molar-refractivity contribution >= 4 is 11.6 Å². The molecule has 0 bridgehead atoms. The molecule has 0 saturated heterocycles. The molecule has 1 heterocycles. The van der Waals surface area contributed by atoms with Crippen LogP contribution in [0.4, 0.5) is 5.69 Å². The maximum absolute atomic E-state index is 11.8. The smallest absolute Gasteiger partial charge is 0.272 e. The van der Waals surface area contributed by atoms with Gasteiger partial charge in [0.15, 0.2) is 0 Å². The van der Waals surface area contributed by atoms with E-state index in [9.17, 15) is 4.79 Å². The highest BCUT2D eigenvalue weighted by Gasteiger charge is 2.15. The third-order valence-electron chi connectivity index (χ3n) is 2.03. The molecule has 16 heavy (non-hydrogen) atoms. The van der Waals surface area contributed by atoms with Crippen molar-refractivity contribution in [2.24, 2.45) is 0 Å². The first-order valence-corrected chi connectivity index (χ1v) is 4.91. The molecule has 0 aliphatic rings. The van der Waals surface area contributed by atoms with Gasteiger partial charge in [-0.1, -0.05) is 0 Å². The van der Waals surface area contributed by atoms with Crippen molar-refractivity contribution in [3.8, 4) is 0 Å². The van der Waals surface area contributed by atoms with Crippen LogP contribution in [0.3, 0.4) is 0 Å². The fourth-order valence-electron chi connectivity index (χ4n) is 1.25. The second kappa shape index (κ2) is 6.04. The van der Waals surface area contributed by atoms with Gasteiger partial charge in [0.2, 0.25) is 0 Å². The molecule has 0 aliphatic heterocycles. The first-order chi connectivity index (χ1) is 7.69. The lowest BCUT2D eigenvalue weighted by Crippen LogP contribution is -2.36. The number of carbonyl (C=O) groups is 1. The maximum Gasteiger partial charge on any atom is 0.272 e. The minimum Gasteiger partial charge on any atom is -0.397 e. The minimum absolute atomic E-state index is 0.152. The van der Waals surface area contributed by atoms with Crippen LogP contribution in [0, 0.1) is 0 Å². The van der Waals surface area contributed by atoms with E-state index in [4.69, 9.17) is 15.9 Å². The maximum atomic E-state index is 11.8. The lowest BCUT2D eigenvalue weighted by Gasteiger charge is -2.19. The fourth-order valence-corrected chi connectivity index (χ4v) is 1.25. The Hall–Kier alpha value is -1.66. The Kier molecular flexibility index (Phi) is 4.68. The van der Waals surface area contributed by atoms with Crippen LogP contribution in [0.1, 0.15) is 10.5 Å². The van der Waals surface area contributed by atoms with E-state index >= 15 is 0 Å². The molecule has 6 heteroatoms. The van der Waals surface area contributed by atoms with Gasteiger partial charge in [0.25, 0.3) is 5.91 Å². The van der Waals surface area contributed by atoms with Crippen LogP contribution in [0.15, 0.2) is 18.3 Å². The molecule has 0 unspecified atom stereocenters. The third kappa shape index (κ3) is 3.18. The predicted octanol–water partition coefficient (Wildman–Crippen LogP) is -0.909. The van der Waals surface area contributed by atoms with E-state index in [0.717, 1.165) is 0 Å². The summed E-state index contributed by atoms with van der Waals surface area (Å²) in [4.78, 5) is 17.1. The van der Waals surface area contributed by atoms with Crippen molar-refractivity contribution in [1.29, 1.82) is 0 Å². The summed E-state index contributed by atoms with van der Waals surface area (Å²) in [6.45, 7) is 0.0400. The highest BCUT2D eigenvalue weighted by molar-refractivity contribution is 5.92. The summed E-state index contributed by atoms with van der Waals surface area (Å²) in [5.74, 6) is -0.330. The monoisotopic (exact) mass is 225 g/mol. The summed E-state index contributed by atoms with van der Waals surface area (Å²) in [5.41, 5.74) is 6.18. The molecule has 0 spiro atoms. The van der Waals surface area contributed by atoms with Crippen LogP contribution in [0.2, 0.25) is 0 Å². The molecule has 1 amide bonds. The summed E-state index contributed by atoms with van der Waals surface area (Å²) >= 11 is 0. The molecular weight excluding hydrogens is 210 g/mol. The number of hydrogen-bond acceptors (Lipinski definition) is 5. The highest BCUT2D eigenvalue weighted by atomic mass is 16.3. The van der Waals surface area contributed by atoms with E-state index in [1.165, 1.54) is 17.2 Å². The highest BCUT2D eigenvalue weighted by Crippen LogP contribution is 2.04. The van der Waals surface area contributed by atoms with Gasteiger partial charge in [-0.3, -0.25) is 4.79 Å². The number of pyridine rings is 1. The van der Waals surface area contributed by atoms with E-state index < -0.39 is 0 Å². The molecule has 0 aromatic carbocycles. The number of aliphatic hydroxyl groups excluding tert-OH is 2. The molecule has 6 nitrogen and oxygen atoms in total. The van der Waals surface area contributed by atoms with Crippen molar-refractivity contribution in [1.82, 2.24) is 9.88 Å². The Morgan fingerprint density at radius 1 is 1.31 bits per heavy atom. The van der Waals surface area contributed by atoms with Crippen molar-refractivity contribution in [2.45, 2.75) is 0 Å². The van der Waals surface area contributed by atoms with E-state index in [0.29, 0.717) is 5.69 Å². The van der Waals surface area contributed by atoms with Crippen molar-refractivity contribution in [3.05, 3.63) is 24.0 Å². The molecule has 0 fully saturated rings. The number of hydrogen-bond donors (Lipinski definition) is 3. The number of anilines is 1. The van der Waals surface area contributed by atoms with E-state index in [1.54, 1.807) is 6.07 Å². The Labute approximate surface area is 93.3 Å². The normalized spacial score (nSPS) is 10.1. The molecule has 0 atom stereocenters. The van der Waals surface area contributed by atoms with Crippen molar-refractivity contribution < 1.29 is 15.0 Å². The van der Waals surface area contributed by atoms with Crippen LogP contribution in [0.5, 0.6) is 0 Å². The van der Waals surface area contributed by atoms with E-state index in [1.807, 2.05) is 0 Å². The second-order valence-corrected chi connectivity index (χ2v) is 3.22. The zero-order valence-electron chi connectivity index (χ0n) is 8.83. The zero-order chi connectivity index (χ0) is 12.0. The molecule has 1 aromatic rings. The van der Waals surface area contributed by atoms with Crippen LogP contribution >= 0.6 is 0 Å². The van der Waals surface area contributed by atoms with Gasteiger partial charge in [-0.2, -0.15) is 0 Å². The zero-order valence-corrected chi connectivity index (χ0v) is 8.83. The molecule has 4 N–H and O–H groups in total. The quantitative estimate of drug-likeness (QED) is 0.602. The van der Waals surface area contributed by atoms with Crippen molar-refractivity contribution in [3.63, 3.8) is 0 Å². The molecule has 0 aliphatic carbocycles. The van der Waals surface area contributed by atoms with Crippen molar-refractivity contribution in [2.75, 3.05) is 32.0 Å². The average molecular weight is 225 g/mol. The molecular formula is C10H15N3O3. The number of nitrogens with two attached hydrogens (primary N) is 1. The Morgan fingerprint density at radius 2 is 1.94 bits per heavy atom. The van der Waals surface area contributed by atoms with Gasteiger partial charge >= 0.3 is 0 Å². The van der Waals surface area contributed by atoms with E-state index in [-0.39, 0.29) is 37.9 Å². The largest absolute Gasteiger partial charge is 0.397 e. The minimum atomic E-state index is -0.330. The summed E-state index contributed by atoms with van der Waals surface area (Å²) < 4.78 is 0. The summed E-state index contributed by atoms with van der Waals surface area (Å²) in [6.07, 6.45) is 1.39. The number of aliphatic hydroxyl groups is 2. The van der Waals surface area contributed by atoms with Crippen LogP contribution in [0.25, 0.3) is 0 Å². The summed E-state index contributed by atoms with van der Waals surface area (Å²) in [6, 6.07) is 3.09. The van der Waals surface area contributed by atoms with Gasteiger partial charge in [0.1, 0.15) is 5.69 Å². The number of nitrogens with zero attached hydrogens (tertiary/aromatic N) is 2. The second-order valence-electron chi connectivity index (χ2n) is 3.22. The van der Waals surface area contributed by atoms with Gasteiger partial charge in [-0.05, 0) is 12.1 Å². The van der Waals surface area contributed by atoms with Crippen LogP contribution in [-0.4, -0.2) is 52.3 Å². The summed E-state index contributed by atoms with van der Waals surface area (Å²) in [5, 5.41) is 17.6. The van der Waals surface area contributed by atoms with Gasteiger partial charge in [0.05, 0.1) is 25.1 Å². The Bertz CT molecular complexity index is 334. The Morgan fingerprint density at radius 3 is 2.38 bits per heavy atom. The molecule has 88 valence electrons. The molecule has 0 radical (unpaired) electrons. The van der Waals surface area contributed by atoms with Crippen LogP contribution in [-0.2, 0) is 0 Å². The van der Waals surface area contributed by atoms with E-state index in [2.05, 4.69) is 4.98 Å². The van der Waals surface area contributed by atoms with Gasteiger partial charge < -0.3 is 20.8 Å². The van der Waals surface area contributed by atoms with Crippen LogP contribution < -0.4 is 5.73 Å². The topological polar surface area (TPSA) is 99.7 Å². The number of nitrogen functional groups attached to an aromatic ring is 1. The van der Waals surface area contributed by atoms with Gasteiger partial charge in [0, 0.05) is 13.1 Å². The molecule has 1 rings (SSSR count). The Balaban J connectivity index is 2.77. The third-order valence-corrected chi connectivity index (χ3v) is 2.03. The SMILES string of the molecule is Nc1ccc(C(=O)N(CCO)CCO)nc1. The number of carbonyl (C=O) groups excluding carboxylic acids is 1. The molecule has 1 aromatic heterocycles. The standard InChI is InChI=1S/C10H15N3O3/c11-8-1-2-9(12-7-8)10(16)13(3-5-14)4-6-15/h1-2,7,14-15H,3-6,11H2. The fraction of sp³-hybridized carbons (Fsp3) is 0.400. The lowest BCUT2D eigenvalue weighted by molar-refractivity contribution is 0.0679. The van der Waals surface area contributed by atoms with Gasteiger partial charge in [-0.25, -0.2) is 4.98 Å². The van der Waals surface area contributed by atoms with Gasteiger partial charge in [-0.15, -0.1) is 0 Å². The lowest BCUT2D eigenvalue weighted by atomic mass is 10.3. The molecule has 0 saturated carbocycles. The number of amides is 1.